The van der Waals surface area contributed by atoms with Crippen LogP contribution in [0.5, 0.6) is 0 Å². The number of nitrogens with one attached hydrogen (secondary N) is 3. The van der Waals surface area contributed by atoms with E-state index in [0.29, 0.717) is 11.1 Å². The Labute approximate surface area is 183 Å². The number of para-hydroxylation sites is 1. The lowest BCUT2D eigenvalue weighted by atomic mass is 10.0. The number of carbonyl (C=O) groups is 1. The van der Waals surface area contributed by atoms with Crippen LogP contribution in [0.25, 0.3) is 10.9 Å². The van der Waals surface area contributed by atoms with Crippen LogP contribution in [-0.4, -0.2) is 17.4 Å². The monoisotopic (exact) mass is 417 g/mol. The van der Waals surface area contributed by atoms with Crippen molar-refractivity contribution in [2.24, 2.45) is 0 Å². The summed E-state index contributed by atoms with van der Waals surface area (Å²) in [4.78, 5) is 28.6. The van der Waals surface area contributed by atoms with Crippen molar-refractivity contribution in [1.82, 2.24) is 4.98 Å². The van der Waals surface area contributed by atoms with Crippen molar-refractivity contribution < 1.29 is 4.79 Å². The Morgan fingerprint density at radius 3 is 2.45 bits per heavy atom. The Morgan fingerprint density at radius 2 is 1.61 bits per heavy atom. The second-order valence-electron chi connectivity index (χ2n) is 8.41. The van der Waals surface area contributed by atoms with Gasteiger partial charge >= 0.3 is 0 Å². The van der Waals surface area contributed by atoms with Gasteiger partial charge in [0.25, 0.3) is 5.91 Å². The minimum atomic E-state index is -0.392. The topological polar surface area (TPSA) is 74.0 Å². The molecule has 0 fully saturated rings. The molecule has 0 saturated heterocycles. The largest absolute Gasteiger partial charge is 0.385 e. The third-order valence-electron chi connectivity index (χ3n) is 6.09. The molecule has 1 aromatic heterocycles. The predicted molar refractivity (Wildman–Crippen MR) is 128 cm³/mol. The summed E-state index contributed by atoms with van der Waals surface area (Å²) < 4.78 is 0. The molecule has 0 spiro atoms. The molecular weight excluding hydrogens is 386 g/mol. The van der Waals surface area contributed by atoms with Crippen molar-refractivity contribution >= 4 is 28.2 Å². The van der Waals surface area contributed by atoms with E-state index in [4.69, 9.17) is 0 Å². The van der Waals surface area contributed by atoms with Gasteiger partial charge in [-0.2, -0.15) is 0 Å². The van der Waals surface area contributed by atoms with E-state index >= 15 is 0 Å². The van der Waals surface area contributed by atoms with Gasteiger partial charge in [0.2, 0.25) is 5.43 Å². The summed E-state index contributed by atoms with van der Waals surface area (Å²) in [6, 6.07) is 13.3. The first kappa shape index (κ1) is 21.2. The predicted octanol–water partition coefficient (Wildman–Crippen LogP) is 5.87. The molecule has 0 saturated carbocycles. The maximum absolute atomic E-state index is 12.8. The quantitative estimate of drug-likeness (QED) is 0.488. The number of hydrogen-bond donors (Lipinski definition) is 3. The Kier molecular flexibility index (Phi) is 7.03. The van der Waals surface area contributed by atoms with Crippen LogP contribution in [0.2, 0.25) is 0 Å². The smallest absolute Gasteiger partial charge is 0.261 e. The van der Waals surface area contributed by atoms with Crippen LogP contribution in [0.1, 0.15) is 67.3 Å². The minimum Gasteiger partial charge on any atom is -0.385 e. The molecule has 1 aliphatic heterocycles. The second kappa shape index (κ2) is 10.3. The molecule has 5 nitrogen and oxygen atoms in total. The third kappa shape index (κ3) is 5.35. The molecule has 0 bridgehead atoms. The number of aryl methyl sites for hydroxylation is 1. The van der Waals surface area contributed by atoms with Gasteiger partial charge in [-0.3, -0.25) is 9.59 Å². The second-order valence-corrected chi connectivity index (χ2v) is 8.41. The SMILES string of the molecule is O=C(Nc1ccc2c(c1)NCCCCCCCCCC2)c1c[nH]c2ccccc2c1=O. The maximum Gasteiger partial charge on any atom is 0.261 e. The number of amides is 1. The van der Waals surface area contributed by atoms with Gasteiger partial charge in [-0.1, -0.05) is 56.7 Å². The highest BCUT2D eigenvalue weighted by molar-refractivity contribution is 6.05. The number of pyridine rings is 1. The molecule has 2 aromatic carbocycles. The van der Waals surface area contributed by atoms with E-state index in [1.807, 2.05) is 24.3 Å². The van der Waals surface area contributed by atoms with Gasteiger partial charge in [0.15, 0.2) is 0 Å². The number of aromatic amines is 1. The van der Waals surface area contributed by atoms with Gasteiger partial charge in [-0.25, -0.2) is 0 Å². The fraction of sp³-hybridized carbons (Fsp3) is 0.385. The van der Waals surface area contributed by atoms with Crippen molar-refractivity contribution in [3.63, 3.8) is 0 Å². The lowest BCUT2D eigenvalue weighted by molar-refractivity contribution is 0.102. The van der Waals surface area contributed by atoms with Crippen molar-refractivity contribution in [1.29, 1.82) is 0 Å². The van der Waals surface area contributed by atoms with E-state index in [9.17, 15) is 9.59 Å². The van der Waals surface area contributed by atoms with Gasteiger partial charge in [0.1, 0.15) is 5.56 Å². The molecule has 0 aliphatic carbocycles. The number of hydrogen-bond acceptors (Lipinski definition) is 3. The highest BCUT2D eigenvalue weighted by Crippen LogP contribution is 2.24. The molecule has 0 atom stereocenters. The average molecular weight is 418 g/mol. The fourth-order valence-corrected chi connectivity index (χ4v) is 4.30. The molecule has 162 valence electrons. The summed E-state index contributed by atoms with van der Waals surface area (Å²) in [6.07, 6.45) is 12.7. The number of aromatic nitrogens is 1. The van der Waals surface area contributed by atoms with Crippen molar-refractivity contribution in [3.05, 3.63) is 70.0 Å². The molecule has 1 aliphatic rings. The number of fused-ring (bicyclic) bond motifs is 2. The van der Waals surface area contributed by atoms with Crippen LogP contribution in [0.15, 0.2) is 53.5 Å². The highest BCUT2D eigenvalue weighted by atomic mass is 16.2. The number of anilines is 2. The first-order valence-corrected chi connectivity index (χ1v) is 11.5. The minimum absolute atomic E-state index is 0.121. The maximum atomic E-state index is 12.8. The molecule has 0 unspecified atom stereocenters. The normalized spacial score (nSPS) is 15.6. The van der Waals surface area contributed by atoms with E-state index in [2.05, 4.69) is 21.7 Å². The molecule has 0 radical (unpaired) electrons. The van der Waals surface area contributed by atoms with Crippen LogP contribution < -0.4 is 16.1 Å². The van der Waals surface area contributed by atoms with Crippen LogP contribution in [0, 0.1) is 0 Å². The zero-order valence-electron chi connectivity index (χ0n) is 18.0. The van der Waals surface area contributed by atoms with Gasteiger partial charge in [0, 0.05) is 35.0 Å². The highest BCUT2D eigenvalue weighted by Gasteiger charge is 2.14. The van der Waals surface area contributed by atoms with Crippen LogP contribution in [0.3, 0.4) is 0 Å². The van der Waals surface area contributed by atoms with Crippen LogP contribution in [-0.2, 0) is 6.42 Å². The molecule has 2 heterocycles. The zero-order chi connectivity index (χ0) is 21.5. The zero-order valence-corrected chi connectivity index (χ0v) is 18.0. The molecular formula is C26H31N3O2. The number of carbonyl (C=O) groups excluding carboxylic acids is 1. The van der Waals surface area contributed by atoms with Crippen molar-refractivity contribution in [2.75, 3.05) is 17.2 Å². The van der Waals surface area contributed by atoms with E-state index in [1.165, 1.54) is 56.7 Å². The summed E-state index contributed by atoms with van der Waals surface area (Å²) in [7, 11) is 0. The summed E-state index contributed by atoms with van der Waals surface area (Å²) >= 11 is 0. The first-order chi connectivity index (χ1) is 15.2. The molecule has 31 heavy (non-hydrogen) atoms. The van der Waals surface area contributed by atoms with E-state index in [-0.39, 0.29) is 11.0 Å². The molecule has 3 N–H and O–H groups in total. The first-order valence-electron chi connectivity index (χ1n) is 11.5. The summed E-state index contributed by atoms with van der Waals surface area (Å²) in [5.74, 6) is -0.392. The van der Waals surface area contributed by atoms with Crippen molar-refractivity contribution in [3.8, 4) is 0 Å². The van der Waals surface area contributed by atoms with Gasteiger partial charge < -0.3 is 15.6 Å². The van der Waals surface area contributed by atoms with Crippen LogP contribution in [0.4, 0.5) is 11.4 Å². The van der Waals surface area contributed by atoms with Crippen molar-refractivity contribution in [2.45, 2.75) is 57.8 Å². The van der Waals surface area contributed by atoms with Gasteiger partial charge in [-0.15, -0.1) is 0 Å². The Balaban J connectivity index is 1.52. The lowest BCUT2D eigenvalue weighted by Gasteiger charge is -2.15. The standard InChI is InChI=1S/C26H31N3O2/c30-25-21-12-8-9-13-23(21)28-18-22(25)26(31)29-20-15-14-19-11-7-5-3-1-2-4-6-10-16-27-24(19)17-20/h8-9,12-15,17-18,27H,1-7,10-11,16H2,(H,28,30)(H,29,31). The summed E-state index contributed by atoms with van der Waals surface area (Å²) in [5, 5.41) is 7.00. The van der Waals surface area contributed by atoms with Gasteiger partial charge in [0.05, 0.1) is 0 Å². The molecule has 1 amide bonds. The molecule has 5 heteroatoms. The van der Waals surface area contributed by atoms with E-state index in [0.717, 1.165) is 30.6 Å². The Morgan fingerprint density at radius 1 is 0.871 bits per heavy atom. The van der Waals surface area contributed by atoms with Crippen LogP contribution >= 0.6 is 0 Å². The fourth-order valence-electron chi connectivity index (χ4n) is 4.30. The van der Waals surface area contributed by atoms with E-state index in [1.54, 1.807) is 12.1 Å². The molecule has 4 rings (SSSR count). The number of H-pyrrole nitrogens is 1. The number of benzene rings is 2. The Hall–Kier alpha value is -3.08. The average Bonchev–Trinajstić information content (AvgIpc) is 2.80. The summed E-state index contributed by atoms with van der Waals surface area (Å²) in [6.45, 7) is 0.939. The lowest BCUT2D eigenvalue weighted by Crippen LogP contribution is -2.22. The molecule has 3 aromatic rings. The van der Waals surface area contributed by atoms with Gasteiger partial charge in [-0.05, 0) is 49.1 Å². The number of rotatable bonds is 2. The summed E-state index contributed by atoms with van der Waals surface area (Å²) in [5.41, 5.74) is 3.67. The van der Waals surface area contributed by atoms with E-state index < -0.39 is 5.91 Å². The third-order valence-corrected chi connectivity index (χ3v) is 6.09. The Bertz CT molecular complexity index is 1100.